The zero-order valence-corrected chi connectivity index (χ0v) is 11.8. The van der Waals surface area contributed by atoms with Crippen molar-refractivity contribution in [2.24, 2.45) is 29.4 Å². The Labute approximate surface area is 115 Å². The van der Waals surface area contributed by atoms with E-state index in [0.29, 0.717) is 19.1 Å². The topological polar surface area (TPSA) is 64.3 Å². The quantitative estimate of drug-likeness (QED) is 0.788. The van der Waals surface area contributed by atoms with Gasteiger partial charge in [-0.25, -0.2) is 0 Å². The zero-order chi connectivity index (χ0) is 13.4. The van der Waals surface area contributed by atoms with Crippen LogP contribution in [0.4, 0.5) is 0 Å². The van der Waals surface area contributed by atoms with Crippen LogP contribution in [0.2, 0.25) is 0 Å². The molecule has 0 radical (unpaired) electrons. The number of methoxy groups -OCH3 is 1. The van der Waals surface area contributed by atoms with Gasteiger partial charge in [0.05, 0.1) is 6.04 Å². The minimum absolute atomic E-state index is 0.0227. The zero-order valence-electron chi connectivity index (χ0n) is 11.8. The van der Waals surface area contributed by atoms with Crippen molar-refractivity contribution in [2.45, 2.75) is 50.6 Å². The molecule has 19 heavy (non-hydrogen) atoms. The van der Waals surface area contributed by atoms with E-state index in [9.17, 15) is 4.79 Å². The minimum atomic E-state index is -0.419. The van der Waals surface area contributed by atoms with Crippen molar-refractivity contribution in [3.05, 3.63) is 0 Å². The SMILES string of the molecule is COCCC(N)C(=O)NC1C2CC3CC(C2)CC1C3. The summed E-state index contributed by atoms with van der Waals surface area (Å²) >= 11 is 0. The van der Waals surface area contributed by atoms with Gasteiger partial charge in [-0.2, -0.15) is 0 Å². The first-order valence-electron chi connectivity index (χ1n) is 7.72. The van der Waals surface area contributed by atoms with Gasteiger partial charge >= 0.3 is 0 Å². The molecule has 0 aromatic rings. The number of nitrogens with one attached hydrogen (secondary N) is 1. The molecule has 1 atom stereocenters. The molecule has 4 rings (SSSR count). The van der Waals surface area contributed by atoms with Gasteiger partial charge in [0, 0.05) is 19.8 Å². The number of hydrogen-bond acceptors (Lipinski definition) is 3. The van der Waals surface area contributed by atoms with Crippen LogP contribution in [0.3, 0.4) is 0 Å². The molecule has 0 heterocycles. The largest absolute Gasteiger partial charge is 0.385 e. The number of carbonyl (C=O) groups is 1. The van der Waals surface area contributed by atoms with Crippen molar-refractivity contribution < 1.29 is 9.53 Å². The number of carbonyl (C=O) groups excluding carboxylic acids is 1. The van der Waals surface area contributed by atoms with Crippen LogP contribution in [0.25, 0.3) is 0 Å². The lowest BCUT2D eigenvalue weighted by Gasteiger charge is -2.54. The molecule has 0 spiro atoms. The Morgan fingerprint density at radius 2 is 1.79 bits per heavy atom. The van der Waals surface area contributed by atoms with Crippen molar-refractivity contribution in [2.75, 3.05) is 13.7 Å². The summed E-state index contributed by atoms with van der Waals surface area (Å²) in [5, 5.41) is 3.25. The Hall–Kier alpha value is -0.610. The first-order valence-corrected chi connectivity index (χ1v) is 7.72. The summed E-state index contributed by atoms with van der Waals surface area (Å²) in [5.74, 6) is 3.34. The normalized spacial score (nSPS) is 41.3. The molecule has 4 saturated carbocycles. The van der Waals surface area contributed by atoms with E-state index in [0.717, 1.165) is 23.7 Å². The van der Waals surface area contributed by atoms with Gasteiger partial charge in [0.2, 0.25) is 5.91 Å². The maximum atomic E-state index is 12.1. The Morgan fingerprint density at radius 1 is 1.21 bits per heavy atom. The molecule has 4 nitrogen and oxygen atoms in total. The number of nitrogens with two attached hydrogens (primary N) is 1. The van der Waals surface area contributed by atoms with Crippen LogP contribution in [0.1, 0.15) is 38.5 Å². The van der Waals surface area contributed by atoms with E-state index in [-0.39, 0.29) is 5.91 Å². The van der Waals surface area contributed by atoms with Crippen molar-refractivity contribution in [3.8, 4) is 0 Å². The highest BCUT2D eigenvalue weighted by Crippen LogP contribution is 2.53. The fourth-order valence-corrected chi connectivity index (χ4v) is 4.81. The third-order valence-electron chi connectivity index (χ3n) is 5.51. The second kappa shape index (κ2) is 5.41. The first-order chi connectivity index (χ1) is 9.17. The summed E-state index contributed by atoms with van der Waals surface area (Å²) < 4.78 is 4.99. The van der Waals surface area contributed by atoms with Gasteiger partial charge in [-0.3, -0.25) is 4.79 Å². The van der Waals surface area contributed by atoms with E-state index in [4.69, 9.17) is 10.5 Å². The Balaban J connectivity index is 1.56. The van der Waals surface area contributed by atoms with E-state index in [2.05, 4.69) is 5.32 Å². The highest BCUT2D eigenvalue weighted by molar-refractivity contribution is 5.81. The predicted octanol–water partition coefficient (Wildman–Crippen LogP) is 1.29. The third-order valence-corrected chi connectivity index (χ3v) is 5.51. The molecule has 0 aromatic carbocycles. The summed E-state index contributed by atoms with van der Waals surface area (Å²) in [7, 11) is 1.64. The van der Waals surface area contributed by atoms with E-state index in [1.165, 1.54) is 32.1 Å². The molecule has 1 unspecified atom stereocenters. The summed E-state index contributed by atoms with van der Waals surface area (Å²) in [6.45, 7) is 0.552. The lowest BCUT2D eigenvalue weighted by atomic mass is 9.54. The van der Waals surface area contributed by atoms with E-state index in [1.54, 1.807) is 7.11 Å². The Bertz CT molecular complexity index is 317. The molecular weight excluding hydrogens is 240 g/mol. The highest BCUT2D eigenvalue weighted by atomic mass is 16.5. The molecule has 1 amide bonds. The Kier molecular flexibility index (Phi) is 3.81. The van der Waals surface area contributed by atoms with Gasteiger partial charge in [0.25, 0.3) is 0 Å². The standard InChI is InChI=1S/C15H26N2O2/c1-19-3-2-13(16)15(18)17-14-11-5-9-4-10(7-11)8-12(14)6-9/h9-14H,2-8,16H2,1H3,(H,17,18). The number of hydrogen-bond donors (Lipinski definition) is 2. The molecular formula is C15H26N2O2. The highest BCUT2D eigenvalue weighted by Gasteiger charge is 2.48. The number of ether oxygens (including phenoxy) is 1. The second-order valence-corrected chi connectivity index (χ2v) is 6.85. The van der Waals surface area contributed by atoms with Crippen LogP contribution in [-0.2, 0) is 9.53 Å². The molecule has 0 aromatic heterocycles. The predicted molar refractivity (Wildman–Crippen MR) is 73.4 cm³/mol. The summed E-state index contributed by atoms with van der Waals surface area (Å²) in [6.07, 6.45) is 7.35. The molecule has 4 aliphatic rings. The summed E-state index contributed by atoms with van der Waals surface area (Å²) in [4.78, 5) is 12.1. The molecule has 4 bridgehead atoms. The third kappa shape index (κ3) is 2.65. The van der Waals surface area contributed by atoms with Crippen LogP contribution >= 0.6 is 0 Å². The molecule has 0 saturated heterocycles. The lowest BCUT2D eigenvalue weighted by Crippen LogP contribution is -2.58. The molecule has 3 N–H and O–H groups in total. The van der Waals surface area contributed by atoms with Crippen molar-refractivity contribution >= 4 is 5.91 Å². The van der Waals surface area contributed by atoms with Crippen LogP contribution < -0.4 is 11.1 Å². The van der Waals surface area contributed by atoms with Crippen LogP contribution in [0, 0.1) is 23.7 Å². The number of rotatable bonds is 5. The molecule has 0 aliphatic heterocycles. The van der Waals surface area contributed by atoms with E-state index in [1.807, 2.05) is 0 Å². The van der Waals surface area contributed by atoms with Gasteiger partial charge in [-0.15, -0.1) is 0 Å². The van der Waals surface area contributed by atoms with Gasteiger partial charge in [0.15, 0.2) is 0 Å². The van der Waals surface area contributed by atoms with Gasteiger partial charge in [0.1, 0.15) is 0 Å². The first kappa shape index (κ1) is 13.4. The fourth-order valence-electron chi connectivity index (χ4n) is 4.81. The Morgan fingerprint density at radius 3 is 2.32 bits per heavy atom. The second-order valence-electron chi connectivity index (χ2n) is 6.85. The van der Waals surface area contributed by atoms with E-state index >= 15 is 0 Å². The molecule has 108 valence electrons. The van der Waals surface area contributed by atoms with Crippen LogP contribution in [-0.4, -0.2) is 31.7 Å². The van der Waals surface area contributed by atoms with Gasteiger partial charge in [-0.05, 0) is 62.2 Å². The molecule has 4 fully saturated rings. The van der Waals surface area contributed by atoms with Crippen LogP contribution in [0.5, 0.6) is 0 Å². The summed E-state index contributed by atoms with van der Waals surface area (Å²) in [5.41, 5.74) is 5.91. The van der Waals surface area contributed by atoms with Crippen LogP contribution in [0.15, 0.2) is 0 Å². The summed E-state index contributed by atoms with van der Waals surface area (Å²) in [6, 6.07) is -0.0222. The number of amides is 1. The van der Waals surface area contributed by atoms with Gasteiger partial charge in [-0.1, -0.05) is 0 Å². The average Bonchev–Trinajstić information content (AvgIpc) is 2.39. The van der Waals surface area contributed by atoms with E-state index < -0.39 is 6.04 Å². The van der Waals surface area contributed by atoms with Crippen molar-refractivity contribution in [1.82, 2.24) is 5.32 Å². The average molecular weight is 266 g/mol. The van der Waals surface area contributed by atoms with Crippen molar-refractivity contribution in [3.63, 3.8) is 0 Å². The minimum Gasteiger partial charge on any atom is -0.385 e. The lowest BCUT2D eigenvalue weighted by molar-refractivity contribution is -0.126. The maximum Gasteiger partial charge on any atom is 0.237 e. The fraction of sp³-hybridized carbons (Fsp3) is 0.933. The molecule has 4 aliphatic carbocycles. The monoisotopic (exact) mass is 266 g/mol. The smallest absolute Gasteiger partial charge is 0.237 e. The van der Waals surface area contributed by atoms with Crippen molar-refractivity contribution in [1.29, 1.82) is 0 Å². The van der Waals surface area contributed by atoms with Gasteiger partial charge < -0.3 is 15.8 Å². The maximum absolute atomic E-state index is 12.1. The molecule has 4 heteroatoms.